The Kier molecular flexibility index (Phi) is 5.85. The van der Waals surface area contributed by atoms with E-state index in [1.54, 1.807) is 0 Å². The number of nitrogens with one attached hydrogen (secondary N) is 1. The fourth-order valence-corrected chi connectivity index (χ4v) is 4.46. The van der Waals surface area contributed by atoms with E-state index in [0.717, 1.165) is 40.8 Å². The highest BCUT2D eigenvalue weighted by atomic mass is 32.1. The van der Waals surface area contributed by atoms with Crippen LogP contribution in [0, 0.1) is 13.8 Å². The summed E-state index contributed by atoms with van der Waals surface area (Å²) in [6, 6.07) is 5.75. The molecule has 3 rings (SSSR count). The van der Waals surface area contributed by atoms with Gasteiger partial charge in [0.15, 0.2) is 6.61 Å². The lowest BCUT2D eigenvalue weighted by Crippen LogP contribution is -2.22. The van der Waals surface area contributed by atoms with Gasteiger partial charge in [0.25, 0.3) is 5.91 Å². The van der Waals surface area contributed by atoms with Gasteiger partial charge in [-0.3, -0.25) is 4.79 Å². The summed E-state index contributed by atoms with van der Waals surface area (Å²) in [5.74, 6) is 0.0443. The molecular weight excluding hydrogens is 362 g/mol. The van der Waals surface area contributed by atoms with Crippen LogP contribution in [0.5, 0.6) is 5.75 Å². The second-order valence-electron chi connectivity index (χ2n) is 7.05. The summed E-state index contributed by atoms with van der Waals surface area (Å²) in [6.07, 6.45) is 2.62. The average molecular weight is 388 g/mol. The highest BCUT2D eigenvalue weighted by Crippen LogP contribution is 2.39. The molecule has 6 heteroatoms. The van der Waals surface area contributed by atoms with E-state index in [1.165, 1.54) is 11.3 Å². The Morgan fingerprint density at radius 1 is 1.22 bits per heavy atom. The predicted molar refractivity (Wildman–Crippen MR) is 107 cm³/mol. The molecule has 0 unspecified atom stereocenters. The summed E-state index contributed by atoms with van der Waals surface area (Å²) >= 11 is 1.47. The maximum absolute atomic E-state index is 12.5. The maximum atomic E-state index is 12.5. The van der Waals surface area contributed by atoms with Gasteiger partial charge in [-0.25, -0.2) is 4.79 Å². The topological polar surface area (TPSA) is 64.6 Å². The standard InChI is InChI=1S/C21H25NO4S/c1-12(2)26-21(24)19-15-8-6-10-17(15)27-20(19)22-18(23)11-25-16-9-5-7-13(3)14(16)4/h5,7,9,12H,6,8,10-11H2,1-4H3,(H,22,23). The minimum absolute atomic E-state index is 0.106. The van der Waals surface area contributed by atoms with Crippen molar-refractivity contribution in [2.75, 3.05) is 11.9 Å². The molecule has 0 bridgehead atoms. The molecule has 1 aromatic heterocycles. The number of fused-ring (bicyclic) bond motifs is 1. The van der Waals surface area contributed by atoms with Gasteiger partial charge in [0.1, 0.15) is 10.8 Å². The highest BCUT2D eigenvalue weighted by molar-refractivity contribution is 7.17. The van der Waals surface area contributed by atoms with Crippen LogP contribution in [-0.4, -0.2) is 24.6 Å². The summed E-state index contributed by atoms with van der Waals surface area (Å²) in [7, 11) is 0. The van der Waals surface area contributed by atoms with Gasteiger partial charge in [-0.2, -0.15) is 0 Å². The third-order valence-corrected chi connectivity index (χ3v) is 5.84. The summed E-state index contributed by atoms with van der Waals surface area (Å²) in [4.78, 5) is 26.1. The van der Waals surface area contributed by atoms with Crippen molar-refractivity contribution in [2.45, 2.75) is 53.1 Å². The van der Waals surface area contributed by atoms with E-state index in [-0.39, 0.29) is 24.6 Å². The van der Waals surface area contributed by atoms with Gasteiger partial charge in [0, 0.05) is 4.88 Å². The second-order valence-corrected chi connectivity index (χ2v) is 8.16. The molecule has 0 spiro atoms. The Hall–Kier alpha value is -2.34. The lowest BCUT2D eigenvalue weighted by Gasteiger charge is -2.12. The Morgan fingerprint density at radius 3 is 2.74 bits per heavy atom. The molecule has 27 heavy (non-hydrogen) atoms. The number of anilines is 1. The van der Waals surface area contributed by atoms with Crippen LogP contribution in [0.4, 0.5) is 5.00 Å². The van der Waals surface area contributed by atoms with Crippen LogP contribution < -0.4 is 10.1 Å². The van der Waals surface area contributed by atoms with Crippen molar-refractivity contribution >= 4 is 28.2 Å². The van der Waals surface area contributed by atoms with Crippen molar-refractivity contribution in [2.24, 2.45) is 0 Å². The molecule has 1 N–H and O–H groups in total. The van der Waals surface area contributed by atoms with Crippen molar-refractivity contribution in [1.82, 2.24) is 0 Å². The molecule has 1 amide bonds. The number of hydrogen-bond donors (Lipinski definition) is 1. The fraction of sp³-hybridized carbons (Fsp3) is 0.429. The number of rotatable bonds is 6. The van der Waals surface area contributed by atoms with Crippen LogP contribution in [0.2, 0.25) is 0 Å². The van der Waals surface area contributed by atoms with Gasteiger partial charge in [-0.05, 0) is 69.7 Å². The van der Waals surface area contributed by atoms with Crippen molar-refractivity contribution in [3.8, 4) is 5.75 Å². The largest absolute Gasteiger partial charge is 0.483 e. The van der Waals surface area contributed by atoms with Gasteiger partial charge in [-0.15, -0.1) is 11.3 Å². The zero-order chi connectivity index (χ0) is 19.6. The smallest absolute Gasteiger partial charge is 0.341 e. The van der Waals surface area contributed by atoms with E-state index < -0.39 is 0 Å². The molecule has 1 heterocycles. The van der Waals surface area contributed by atoms with Gasteiger partial charge in [0.05, 0.1) is 11.7 Å². The van der Waals surface area contributed by atoms with E-state index in [4.69, 9.17) is 9.47 Å². The van der Waals surface area contributed by atoms with E-state index in [9.17, 15) is 9.59 Å². The molecule has 0 radical (unpaired) electrons. The number of benzene rings is 1. The molecule has 0 aliphatic heterocycles. The number of aryl methyl sites for hydroxylation is 2. The third kappa shape index (κ3) is 4.33. The van der Waals surface area contributed by atoms with Gasteiger partial charge >= 0.3 is 5.97 Å². The fourth-order valence-electron chi connectivity index (χ4n) is 3.17. The Bertz CT molecular complexity index is 869. The van der Waals surface area contributed by atoms with Gasteiger partial charge in [-0.1, -0.05) is 12.1 Å². The zero-order valence-corrected chi connectivity index (χ0v) is 17.0. The Balaban J connectivity index is 1.72. The summed E-state index contributed by atoms with van der Waals surface area (Å²) < 4.78 is 11.1. The Labute approximate surface area is 163 Å². The van der Waals surface area contributed by atoms with Crippen molar-refractivity contribution in [3.63, 3.8) is 0 Å². The monoisotopic (exact) mass is 387 g/mol. The van der Waals surface area contributed by atoms with E-state index in [1.807, 2.05) is 45.9 Å². The number of carbonyl (C=O) groups excluding carboxylic acids is 2. The number of amides is 1. The number of hydrogen-bond acceptors (Lipinski definition) is 5. The Morgan fingerprint density at radius 2 is 2.00 bits per heavy atom. The first-order chi connectivity index (χ1) is 12.9. The van der Waals surface area contributed by atoms with Crippen LogP contribution in [-0.2, 0) is 22.4 Å². The lowest BCUT2D eigenvalue weighted by atomic mass is 10.1. The molecule has 0 fully saturated rings. The van der Waals surface area contributed by atoms with Crippen molar-refractivity contribution < 1.29 is 19.1 Å². The third-order valence-electron chi connectivity index (χ3n) is 4.63. The summed E-state index contributed by atoms with van der Waals surface area (Å²) in [6.45, 7) is 7.50. The number of esters is 1. The predicted octanol–water partition coefficient (Wildman–Crippen LogP) is 4.44. The molecule has 0 saturated heterocycles. The molecule has 5 nitrogen and oxygen atoms in total. The first-order valence-electron chi connectivity index (χ1n) is 9.21. The molecular formula is C21H25NO4S. The molecule has 0 atom stereocenters. The van der Waals surface area contributed by atoms with Gasteiger partial charge < -0.3 is 14.8 Å². The van der Waals surface area contributed by atoms with E-state index in [2.05, 4.69) is 5.32 Å². The highest BCUT2D eigenvalue weighted by Gasteiger charge is 2.28. The van der Waals surface area contributed by atoms with Crippen LogP contribution in [0.1, 0.15) is 52.2 Å². The van der Waals surface area contributed by atoms with Crippen LogP contribution >= 0.6 is 11.3 Å². The molecule has 1 aliphatic carbocycles. The number of thiophene rings is 1. The molecule has 2 aromatic rings. The van der Waals surface area contributed by atoms with Crippen molar-refractivity contribution in [3.05, 3.63) is 45.3 Å². The van der Waals surface area contributed by atoms with E-state index in [0.29, 0.717) is 16.3 Å². The minimum atomic E-state index is -0.366. The van der Waals surface area contributed by atoms with Crippen LogP contribution in [0.25, 0.3) is 0 Å². The van der Waals surface area contributed by atoms with Crippen LogP contribution in [0.3, 0.4) is 0 Å². The molecule has 0 saturated carbocycles. The average Bonchev–Trinajstić information content (AvgIpc) is 3.16. The van der Waals surface area contributed by atoms with Crippen molar-refractivity contribution in [1.29, 1.82) is 0 Å². The molecule has 1 aromatic carbocycles. The first-order valence-corrected chi connectivity index (χ1v) is 10.0. The summed E-state index contributed by atoms with van der Waals surface area (Å²) in [5, 5.41) is 3.42. The van der Waals surface area contributed by atoms with Gasteiger partial charge in [0.2, 0.25) is 0 Å². The van der Waals surface area contributed by atoms with Crippen LogP contribution in [0.15, 0.2) is 18.2 Å². The first kappa shape index (κ1) is 19.4. The molecule has 1 aliphatic rings. The number of ether oxygens (including phenoxy) is 2. The maximum Gasteiger partial charge on any atom is 0.341 e. The second kappa shape index (κ2) is 8.13. The zero-order valence-electron chi connectivity index (χ0n) is 16.2. The minimum Gasteiger partial charge on any atom is -0.483 e. The normalized spacial score (nSPS) is 12.8. The SMILES string of the molecule is Cc1cccc(OCC(=O)Nc2sc3c(c2C(=O)OC(C)C)CCC3)c1C. The summed E-state index contributed by atoms with van der Waals surface area (Å²) in [5.41, 5.74) is 3.67. The number of carbonyl (C=O) groups is 2. The molecule has 144 valence electrons. The van der Waals surface area contributed by atoms with E-state index >= 15 is 0 Å². The quantitative estimate of drug-likeness (QED) is 0.745. The lowest BCUT2D eigenvalue weighted by molar-refractivity contribution is -0.118.